The molecule has 1 aromatic heterocycles. The minimum atomic E-state index is -0.821. The summed E-state index contributed by atoms with van der Waals surface area (Å²) in [7, 11) is 0. The van der Waals surface area contributed by atoms with E-state index in [-0.39, 0.29) is 23.2 Å². The molecule has 0 saturated carbocycles. The van der Waals surface area contributed by atoms with Gasteiger partial charge in [-0.2, -0.15) is 0 Å². The van der Waals surface area contributed by atoms with Crippen molar-refractivity contribution in [3.05, 3.63) is 109 Å². The van der Waals surface area contributed by atoms with Crippen molar-refractivity contribution in [1.82, 2.24) is 4.57 Å². The van der Waals surface area contributed by atoms with Crippen LogP contribution in [0.4, 0.5) is 15.8 Å². The van der Waals surface area contributed by atoms with E-state index in [9.17, 15) is 23.6 Å². The third kappa shape index (κ3) is 4.61. The molecule has 202 valence electrons. The van der Waals surface area contributed by atoms with Gasteiger partial charge in [0.2, 0.25) is 17.7 Å². The van der Waals surface area contributed by atoms with Gasteiger partial charge in [-0.15, -0.1) is 0 Å². The van der Waals surface area contributed by atoms with Crippen molar-refractivity contribution in [1.29, 1.82) is 0 Å². The lowest BCUT2D eigenvalue weighted by atomic mass is 9.83. The third-order valence-corrected chi connectivity index (χ3v) is 10.2. The number of nitrogens with zero attached hydrogens (tertiary/aromatic N) is 2. The number of imide groups is 1. The van der Waals surface area contributed by atoms with Crippen LogP contribution >= 0.6 is 39.0 Å². The fourth-order valence-electron chi connectivity index (χ4n) is 5.18. The third-order valence-electron chi connectivity index (χ3n) is 7.08. The monoisotopic (exact) mass is 637 g/mol. The number of carbonyl (C=O) groups excluding carboxylic acids is 3. The van der Waals surface area contributed by atoms with Crippen molar-refractivity contribution in [3.8, 4) is 0 Å². The Bertz CT molecular complexity index is 1720. The first kappa shape index (κ1) is 26.7. The minimum Gasteiger partial charge on any atom is -0.324 e. The smallest absolute Gasteiger partial charge is 0.308 e. The number of para-hydroxylation sites is 1. The lowest BCUT2D eigenvalue weighted by Gasteiger charge is -2.30. The molecule has 2 aliphatic rings. The fraction of sp³-hybridized carbons (Fsp3) is 0.172. The summed E-state index contributed by atoms with van der Waals surface area (Å²) in [6, 6.07) is 20.0. The number of hydrogen-bond donors (Lipinski definition) is 1. The molecule has 3 aromatic carbocycles. The van der Waals surface area contributed by atoms with Crippen LogP contribution in [0.25, 0.3) is 0 Å². The van der Waals surface area contributed by atoms with Crippen LogP contribution in [0.15, 0.2) is 87.1 Å². The maximum absolute atomic E-state index is 13.9. The van der Waals surface area contributed by atoms with Crippen LogP contribution in [0.3, 0.4) is 0 Å². The molecule has 1 saturated heterocycles. The lowest BCUT2D eigenvalue weighted by Crippen LogP contribution is -2.33. The molecule has 4 aromatic rings. The molecule has 1 fully saturated rings. The Hall–Kier alpha value is -3.54. The molecule has 11 heteroatoms. The maximum atomic E-state index is 13.9. The van der Waals surface area contributed by atoms with Crippen molar-refractivity contribution in [3.63, 3.8) is 0 Å². The fourth-order valence-corrected chi connectivity index (χ4v) is 8.21. The van der Waals surface area contributed by atoms with E-state index in [4.69, 9.17) is 0 Å². The Morgan fingerprint density at radius 1 is 0.975 bits per heavy atom. The number of thiazole rings is 1. The summed E-state index contributed by atoms with van der Waals surface area (Å²) in [6.45, 7) is 1.62. The van der Waals surface area contributed by atoms with Gasteiger partial charge in [-0.1, -0.05) is 69.4 Å². The molecule has 0 radical (unpaired) electrons. The molecule has 0 aliphatic carbocycles. The second kappa shape index (κ2) is 10.5. The SMILES string of the molecule is Cc1ccccc1NC(=O)Cn1c2c(sc1=O)C(c1ccc(F)cc1)C1C(=O)N(c3ccc(Br)cc3)C(=O)C1S2. The van der Waals surface area contributed by atoms with Gasteiger partial charge in [0.25, 0.3) is 0 Å². The Morgan fingerprint density at radius 3 is 2.38 bits per heavy atom. The average molecular weight is 639 g/mol. The zero-order valence-electron chi connectivity index (χ0n) is 21.0. The number of amides is 3. The van der Waals surface area contributed by atoms with Gasteiger partial charge < -0.3 is 5.32 Å². The normalized spacial score (nSPS) is 19.9. The van der Waals surface area contributed by atoms with E-state index >= 15 is 0 Å². The lowest BCUT2D eigenvalue weighted by molar-refractivity contribution is -0.122. The summed E-state index contributed by atoms with van der Waals surface area (Å²) in [5.74, 6) is -3.05. The number of anilines is 2. The predicted octanol–water partition coefficient (Wildman–Crippen LogP) is 5.55. The van der Waals surface area contributed by atoms with Gasteiger partial charge in [-0.05, 0) is 60.5 Å². The van der Waals surface area contributed by atoms with Crippen LogP contribution in [-0.4, -0.2) is 27.5 Å². The summed E-state index contributed by atoms with van der Waals surface area (Å²) in [5.41, 5.74) is 2.59. The highest BCUT2D eigenvalue weighted by atomic mass is 79.9. The first-order valence-electron chi connectivity index (χ1n) is 12.4. The van der Waals surface area contributed by atoms with E-state index in [1.54, 1.807) is 42.5 Å². The van der Waals surface area contributed by atoms with Crippen molar-refractivity contribution < 1.29 is 18.8 Å². The minimum absolute atomic E-state index is 0.252. The number of nitrogens with one attached hydrogen (secondary N) is 1. The summed E-state index contributed by atoms with van der Waals surface area (Å²) < 4.78 is 16.0. The molecule has 40 heavy (non-hydrogen) atoms. The highest BCUT2D eigenvalue weighted by Crippen LogP contribution is 2.53. The first-order chi connectivity index (χ1) is 19.2. The van der Waals surface area contributed by atoms with Gasteiger partial charge in [0.05, 0.1) is 16.6 Å². The molecule has 0 spiro atoms. The van der Waals surface area contributed by atoms with Crippen LogP contribution in [0.1, 0.15) is 21.9 Å². The highest BCUT2D eigenvalue weighted by Gasteiger charge is 2.56. The number of fused-ring (bicyclic) bond motifs is 2. The Kier molecular flexibility index (Phi) is 6.97. The summed E-state index contributed by atoms with van der Waals surface area (Å²) >= 11 is 5.47. The predicted molar refractivity (Wildman–Crippen MR) is 156 cm³/mol. The van der Waals surface area contributed by atoms with Gasteiger partial charge in [-0.3, -0.25) is 23.7 Å². The average Bonchev–Trinajstić information content (AvgIpc) is 3.37. The van der Waals surface area contributed by atoms with E-state index < -0.39 is 28.8 Å². The number of hydrogen-bond acceptors (Lipinski definition) is 6. The largest absolute Gasteiger partial charge is 0.324 e. The van der Waals surface area contributed by atoms with E-state index in [1.807, 2.05) is 25.1 Å². The van der Waals surface area contributed by atoms with Gasteiger partial charge in [-0.25, -0.2) is 9.29 Å². The van der Waals surface area contributed by atoms with Gasteiger partial charge in [0.1, 0.15) is 17.6 Å². The Morgan fingerprint density at radius 2 is 1.68 bits per heavy atom. The highest BCUT2D eigenvalue weighted by molar-refractivity contribution is 9.10. The van der Waals surface area contributed by atoms with Crippen molar-refractivity contribution in [2.75, 3.05) is 10.2 Å². The van der Waals surface area contributed by atoms with E-state index in [0.717, 1.165) is 33.1 Å². The number of thioether (sulfide) groups is 1. The molecule has 3 unspecified atom stereocenters. The Balaban J connectivity index is 1.41. The van der Waals surface area contributed by atoms with Crippen LogP contribution in [-0.2, 0) is 20.9 Å². The molecular weight excluding hydrogens is 617 g/mol. The molecule has 3 amide bonds. The standard InChI is InChI=1S/C29H21BrFN3O4S2/c1-15-4-2-3-5-20(15)32-21(35)14-33-28-25(40-29(33)38)22(16-6-10-18(31)11-7-16)23-24(39-28)27(37)34(26(23)36)19-12-8-17(30)9-13-19/h2-13,22-24H,14H2,1H3,(H,32,35). The molecule has 0 bridgehead atoms. The van der Waals surface area contributed by atoms with Gasteiger partial charge in [0, 0.05) is 21.0 Å². The molecule has 3 atom stereocenters. The number of halogens is 2. The van der Waals surface area contributed by atoms with E-state index in [1.165, 1.54) is 21.6 Å². The van der Waals surface area contributed by atoms with Crippen LogP contribution in [0.5, 0.6) is 0 Å². The van der Waals surface area contributed by atoms with Crippen molar-refractivity contribution >= 4 is 68.1 Å². The van der Waals surface area contributed by atoms with Crippen LogP contribution in [0, 0.1) is 18.7 Å². The second-order valence-electron chi connectivity index (χ2n) is 9.57. The number of carbonyl (C=O) groups is 3. The van der Waals surface area contributed by atoms with Gasteiger partial charge >= 0.3 is 4.87 Å². The topological polar surface area (TPSA) is 88.5 Å². The van der Waals surface area contributed by atoms with Crippen molar-refractivity contribution in [2.24, 2.45) is 5.92 Å². The first-order valence-corrected chi connectivity index (χ1v) is 14.9. The summed E-state index contributed by atoms with van der Waals surface area (Å²) in [4.78, 5) is 55.3. The van der Waals surface area contributed by atoms with Crippen molar-refractivity contribution in [2.45, 2.75) is 29.7 Å². The summed E-state index contributed by atoms with van der Waals surface area (Å²) in [5, 5.41) is 2.50. The molecule has 1 N–H and O–H groups in total. The van der Waals surface area contributed by atoms with Gasteiger partial charge in [0.15, 0.2) is 0 Å². The quantitative estimate of drug-likeness (QED) is 0.290. The summed E-state index contributed by atoms with van der Waals surface area (Å²) in [6.07, 6.45) is 0. The molecule has 2 aliphatic heterocycles. The Labute approximate surface area is 245 Å². The van der Waals surface area contributed by atoms with Crippen LogP contribution < -0.4 is 15.1 Å². The zero-order valence-corrected chi connectivity index (χ0v) is 24.2. The number of aryl methyl sites for hydroxylation is 1. The second-order valence-corrected chi connectivity index (χ2v) is 12.6. The molecule has 3 heterocycles. The molecule has 6 rings (SSSR count). The molecular formula is C29H21BrFN3O4S2. The number of benzene rings is 3. The molecule has 7 nitrogen and oxygen atoms in total. The maximum Gasteiger partial charge on any atom is 0.308 e. The zero-order chi connectivity index (χ0) is 28.1. The number of rotatable bonds is 5. The van der Waals surface area contributed by atoms with E-state index in [0.29, 0.717) is 26.8 Å². The van der Waals surface area contributed by atoms with Crippen LogP contribution in [0.2, 0.25) is 0 Å². The number of aromatic nitrogens is 1. The van der Waals surface area contributed by atoms with E-state index in [2.05, 4.69) is 21.2 Å².